The van der Waals surface area contributed by atoms with Gasteiger partial charge in [0, 0.05) is 33.2 Å². The molecule has 0 bridgehead atoms. The van der Waals surface area contributed by atoms with E-state index in [9.17, 15) is 12.8 Å². The molecule has 0 amide bonds. The van der Waals surface area contributed by atoms with E-state index < -0.39 is 10.2 Å². The van der Waals surface area contributed by atoms with Gasteiger partial charge in [-0.05, 0) is 37.1 Å². The fourth-order valence-corrected chi connectivity index (χ4v) is 3.38. The summed E-state index contributed by atoms with van der Waals surface area (Å²) < 4.78 is 39.9. The number of benzene rings is 1. The van der Waals surface area contributed by atoms with Gasteiger partial charge in [0.15, 0.2) is 0 Å². The molecule has 1 heterocycles. The van der Waals surface area contributed by atoms with E-state index >= 15 is 0 Å². The third-order valence-corrected chi connectivity index (χ3v) is 5.34. The molecule has 118 valence electrons. The second kappa shape index (κ2) is 7.31. The first-order valence-electron chi connectivity index (χ1n) is 7.17. The Bertz CT molecular complexity index is 540. The first-order valence-corrected chi connectivity index (χ1v) is 8.61. The number of nitrogens with zero attached hydrogens (tertiary/aromatic N) is 2. The van der Waals surface area contributed by atoms with Gasteiger partial charge in [-0.2, -0.15) is 12.7 Å². The lowest BCUT2D eigenvalue weighted by atomic mass is 10.1. The van der Waals surface area contributed by atoms with Crippen LogP contribution in [0.3, 0.4) is 0 Å². The van der Waals surface area contributed by atoms with E-state index in [0.717, 1.165) is 38.0 Å². The molecule has 0 atom stereocenters. The number of hydrogen-bond donors (Lipinski definition) is 1. The van der Waals surface area contributed by atoms with Gasteiger partial charge in [-0.3, -0.25) is 0 Å². The van der Waals surface area contributed by atoms with Crippen LogP contribution in [0.1, 0.15) is 12.0 Å². The fraction of sp³-hybridized carbons (Fsp3) is 0.571. The molecule has 0 aromatic heterocycles. The molecule has 1 N–H and O–H groups in total. The number of nitrogens with one attached hydrogen (secondary N) is 1. The summed E-state index contributed by atoms with van der Waals surface area (Å²) in [6.45, 7) is 3.50. The summed E-state index contributed by atoms with van der Waals surface area (Å²) in [6.07, 6.45) is 1.90. The molecule has 1 aliphatic rings. The minimum absolute atomic E-state index is 0.208. The summed E-state index contributed by atoms with van der Waals surface area (Å²) in [5, 5.41) is 0. The molecule has 0 spiro atoms. The second-order valence-electron chi connectivity index (χ2n) is 5.18. The maximum absolute atomic E-state index is 12.8. The van der Waals surface area contributed by atoms with Gasteiger partial charge >= 0.3 is 0 Å². The van der Waals surface area contributed by atoms with Gasteiger partial charge in [0.1, 0.15) is 5.82 Å². The Hall–Kier alpha value is -1.02. The quantitative estimate of drug-likeness (QED) is 0.846. The Morgan fingerprint density at radius 3 is 2.33 bits per heavy atom. The van der Waals surface area contributed by atoms with Gasteiger partial charge in [-0.15, -0.1) is 0 Å². The van der Waals surface area contributed by atoms with Crippen molar-refractivity contribution in [3.63, 3.8) is 0 Å². The summed E-state index contributed by atoms with van der Waals surface area (Å²) in [6, 6.07) is 6.59. The molecule has 0 radical (unpaired) electrons. The largest absolute Gasteiger partial charge is 0.301 e. The van der Waals surface area contributed by atoms with E-state index in [2.05, 4.69) is 9.62 Å². The molecule has 0 unspecified atom stereocenters. The van der Waals surface area contributed by atoms with E-state index in [1.807, 2.05) is 12.1 Å². The van der Waals surface area contributed by atoms with Gasteiger partial charge < -0.3 is 4.90 Å². The Morgan fingerprint density at radius 2 is 1.76 bits per heavy atom. The molecule has 1 saturated heterocycles. The second-order valence-corrected chi connectivity index (χ2v) is 7.05. The first kappa shape index (κ1) is 16.4. The molecular formula is C14H22FN3O2S. The van der Waals surface area contributed by atoms with E-state index in [1.165, 1.54) is 23.5 Å². The van der Waals surface area contributed by atoms with E-state index in [0.29, 0.717) is 13.1 Å². The standard InChI is InChI=1S/C14H22FN3O2S/c1-16-21(19,20)18-11-9-17(10-12-18)8-2-3-13-4-6-14(15)7-5-13/h4-7,16H,2-3,8-12H2,1H3. The number of hydrogen-bond acceptors (Lipinski definition) is 3. The van der Waals surface area contributed by atoms with E-state index in [4.69, 9.17) is 0 Å². The van der Waals surface area contributed by atoms with Gasteiger partial charge in [-0.1, -0.05) is 12.1 Å². The molecule has 0 saturated carbocycles. The number of halogens is 1. The van der Waals surface area contributed by atoms with Crippen LogP contribution in [0, 0.1) is 5.82 Å². The lowest BCUT2D eigenvalue weighted by Crippen LogP contribution is -2.51. The van der Waals surface area contributed by atoms with Crippen molar-refractivity contribution < 1.29 is 12.8 Å². The zero-order valence-corrected chi connectivity index (χ0v) is 13.1. The Balaban J connectivity index is 1.71. The third kappa shape index (κ3) is 4.74. The number of rotatable bonds is 6. The van der Waals surface area contributed by atoms with Gasteiger partial charge in [-0.25, -0.2) is 9.11 Å². The molecule has 1 aliphatic heterocycles. The van der Waals surface area contributed by atoms with Crippen LogP contribution in [-0.4, -0.2) is 57.4 Å². The molecule has 2 rings (SSSR count). The zero-order chi connectivity index (χ0) is 15.3. The predicted octanol–water partition coefficient (Wildman–Crippen LogP) is 0.840. The van der Waals surface area contributed by atoms with Gasteiger partial charge in [0.05, 0.1) is 0 Å². The van der Waals surface area contributed by atoms with Crippen LogP contribution in [-0.2, 0) is 16.6 Å². The highest BCUT2D eigenvalue weighted by Crippen LogP contribution is 2.09. The van der Waals surface area contributed by atoms with Crippen molar-refractivity contribution in [2.45, 2.75) is 12.8 Å². The Kier molecular flexibility index (Phi) is 5.69. The minimum Gasteiger partial charge on any atom is -0.301 e. The topological polar surface area (TPSA) is 52.7 Å². The lowest BCUT2D eigenvalue weighted by Gasteiger charge is -2.33. The molecule has 1 aromatic rings. The minimum atomic E-state index is -3.29. The van der Waals surface area contributed by atoms with Crippen molar-refractivity contribution in [2.75, 3.05) is 39.8 Å². The van der Waals surface area contributed by atoms with Crippen molar-refractivity contribution in [2.24, 2.45) is 0 Å². The highest BCUT2D eigenvalue weighted by molar-refractivity contribution is 7.87. The molecule has 21 heavy (non-hydrogen) atoms. The van der Waals surface area contributed by atoms with Crippen molar-refractivity contribution in [1.82, 2.24) is 13.9 Å². The van der Waals surface area contributed by atoms with Crippen LogP contribution in [0.5, 0.6) is 0 Å². The SMILES string of the molecule is CNS(=O)(=O)N1CCN(CCCc2ccc(F)cc2)CC1. The van der Waals surface area contributed by atoms with Crippen LogP contribution in [0.25, 0.3) is 0 Å². The Labute approximate surface area is 125 Å². The van der Waals surface area contributed by atoms with E-state index in [-0.39, 0.29) is 5.82 Å². The Morgan fingerprint density at radius 1 is 1.14 bits per heavy atom. The summed E-state index contributed by atoms with van der Waals surface area (Å²) >= 11 is 0. The number of piperazine rings is 1. The van der Waals surface area contributed by atoms with Gasteiger partial charge in [0.25, 0.3) is 10.2 Å². The average molecular weight is 315 g/mol. The summed E-state index contributed by atoms with van der Waals surface area (Å²) in [7, 11) is -1.86. The van der Waals surface area contributed by atoms with Crippen molar-refractivity contribution in [1.29, 1.82) is 0 Å². The first-order chi connectivity index (χ1) is 10.0. The molecule has 5 nitrogen and oxygen atoms in total. The van der Waals surface area contributed by atoms with Crippen LogP contribution in [0.15, 0.2) is 24.3 Å². The van der Waals surface area contributed by atoms with Crippen LogP contribution < -0.4 is 4.72 Å². The van der Waals surface area contributed by atoms with Crippen molar-refractivity contribution >= 4 is 10.2 Å². The zero-order valence-electron chi connectivity index (χ0n) is 12.3. The average Bonchev–Trinajstić information content (AvgIpc) is 2.50. The van der Waals surface area contributed by atoms with Crippen LogP contribution in [0.4, 0.5) is 4.39 Å². The van der Waals surface area contributed by atoms with Crippen LogP contribution in [0.2, 0.25) is 0 Å². The maximum Gasteiger partial charge on any atom is 0.279 e. The number of aryl methyl sites for hydroxylation is 1. The molecular weight excluding hydrogens is 293 g/mol. The summed E-state index contributed by atoms with van der Waals surface area (Å²) in [5.41, 5.74) is 1.13. The molecule has 1 fully saturated rings. The summed E-state index contributed by atoms with van der Waals surface area (Å²) in [5.74, 6) is -0.208. The molecule has 0 aliphatic carbocycles. The lowest BCUT2D eigenvalue weighted by molar-refractivity contribution is 0.186. The third-order valence-electron chi connectivity index (χ3n) is 3.78. The normalized spacial score (nSPS) is 18.0. The fourth-order valence-electron chi connectivity index (χ4n) is 2.48. The van der Waals surface area contributed by atoms with Crippen molar-refractivity contribution in [3.8, 4) is 0 Å². The molecule has 1 aromatic carbocycles. The van der Waals surface area contributed by atoms with Gasteiger partial charge in [0.2, 0.25) is 0 Å². The predicted molar refractivity (Wildman–Crippen MR) is 80.7 cm³/mol. The smallest absolute Gasteiger partial charge is 0.279 e. The highest BCUT2D eigenvalue weighted by Gasteiger charge is 2.25. The monoisotopic (exact) mass is 315 g/mol. The van der Waals surface area contributed by atoms with E-state index in [1.54, 1.807) is 0 Å². The highest BCUT2D eigenvalue weighted by atomic mass is 32.2. The molecule has 7 heteroatoms. The van der Waals surface area contributed by atoms with Crippen LogP contribution >= 0.6 is 0 Å². The maximum atomic E-state index is 12.8. The van der Waals surface area contributed by atoms with Crippen molar-refractivity contribution in [3.05, 3.63) is 35.6 Å². The summed E-state index contributed by atoms with van der Waals surface area (Å²) in [4.78, 5) is 2.27.